The van der Waals surface area contributed by atoms with Crippen LogP contribution < -0.4 is 0 Å². The molecule has 0 heterocycles. The van der Waals surface area contributed by atoms with E-state index in [4.69, 9.17) is 5.11 Å². The van der Waals surface area contributed by atoms with Crippen LogP contribution in [-0.4, -0.2) is 17.0 Å². The largest absolute Gasteiger partial charge is 0.370 e. The fraction of sp³-hybridized carbons (Fsp3) is 0.800. The highest BCUT2D eigenvalue weighted by molar-refractivity contribution is 5.53. The van der Waals surface area contributed by atoms with Gasteiger partial charge in [-0.3, -0.25) is 4.99 Å². The zero-order valence-corrected chi connectivity index (χ0v) is 4.97. The Morgan fingerprint density at radius 3 is 2.00 bits per heavy atom. The van der Waals surface area contributed by atoms with Gasteiger partial charge in [0.25, 0.3) is 0 Å². The maximum absolute atomic E-state index is 8.82. The van der Waals surface area contributed by atoms with E-state index in [1.807, 2.05) is 0 Å². The molecule has 0 aliphatic heterocycles. The van der Waals surface area contributed by atoms with Crippen LogP contribution in [-0.2, 0) is 0 Å². The van der Waals surface area contributed by atoms with Crippen LogP contribution in [0.15, 0.2) is 4.99 Å². The number of hydrogen-bond acceptors (Lipinski definition) is 2. The van der Waals surface area contributed by atoms with E-state index in [9.17, 15) is 0 Å². The van der Waals surface area contributed by atoms with Crippen LogP contribution >= 0.6 is 0 Å². The van der Waals surface area contributed by atoms with Crippen LogP contribution in [0.25, 0.3) is 0 Å². The van der Waals surface area contributed by atoms with Crippen molar-refractivity contribution in [3.8, 4) is 0 Å². The highest BCUT2D eigenvalue weighted by Gasteiger charge is 2.04. The zero-order chi connectivity index (χ0) is 5.91. The Hall–Kier alpha value is -0.370. The summed E-state index contributed by atoms with van der Waals surface area (Å²) in [7, 11) is 0. The van der Waals surface area contributed by atoms with Gasteiger partial charge in [-0.2, -0.15) is 0 Å². The average Bonchev–Trinajstić information content (AvgIpc) is 1.30. The van der Waals surface area contributed by atoms with Crippen LogP contribution in [0.3, 0.4) is 0 Å². The molecule has 0 saturated heterocycles. The summed E-state index contributed by atoms with van der Waals surface area (Å²) in [5.41, 5.74) is -0.880. The van der Waals surface area contributed by atoms with Gasteiger partial charge in [0.1, 0.15) is 5.72 Å². The fourth-order valence-corrected chi connectivity index (χ4v) is 0.316. The van der Waals surface area contributed by atoms with E-state index in [-0.39, 0.29) is 0 Å². The van der Waals surface area contributed by atoms with Crippen molar-refractivity contribution in [3.05, 3.63) is 0 Å². The Labute approximate surface area is 43.9 Å². The molecule has 0 rings (SSSR count). The number of rotatable bonds is 1. The van der Waals surface area contributed by atoms with Crippen LogP contribution in [0.2, 0.25) is 0 Å². The van der Waals surface area contributed by atoms with Gasteiger partial charge in [0.05, 0.1) is 0 Å². The fourth-order valence-electron chi connectivity index (χ4n) is 0.316. The summed E-state index contributed by atoms with van der Waals surface area (Å²) in [5, 5.41) is 8.82. The Morgan fingerprint density at radius 2 is 2.00 bits per heavy atom. The monoisotopic (exact) mass is 101 g/mol. The average molecular weight is 101 g/mol. The Bertz CT molecular complexity index is 70.6. The van der Waals surface area contributed by atoms with E-state index in [0.29, 0.717) is 0 Å². The molecule has 0 aliphatic rings. The molecular formula is C5H11NO. The van der Waals surface area contributed by atoms with E-state index in [2.05, 4.69) is 4.99 Å². The number of nitrogens with zero attached hydrogens (tertiary/aromatic N) is 1. The number of aliphatic imine (C=N–C) groups is 1. The molecule has 0 aromatic rings. The lowest BCUT2D eigenvalue weighted by atomic mass is 10.3. The molecule has 0 atom stereocenters. The number of aliphatic hydroxyl groups is 1. The maximum Gasteiger partial charge on any atom is 0.149 e. The minimum absolute atomic E-state index is 0.880. The predicted octanol–water partition coefficient (Wildman–Crippen LogP) is 0.805. The molecule has 0 aromatic carbocycles. The SMILES string of the molecule is C/C=N/C(C)(C)O. The van der Waals surface area contributed by atoms with Crippen molar-refractivity contribution in [1.82, 2.24) is 0 Å². The molecule has 42 valence electrons. The van der Waals surface area contributed by atoms with Gasteiger partial charge >= 0.3 is 0 Å². The van der Waals surface area contributed by atoms with E-state index in [0.717, 1.165) is 0 Å². The number of hydrogen-bond donors (Lipinski definition) is 1. The highest BCUT2D eigenvalue weighted by Crippen LogP contribution is 1.99. The van der Waals surface area contributed by atoms with E-state index >= 15 is 0 Å². The Balaban J connectivity index is 3.56. The molecule has 0 spiro atoms. The third kappa shape index (κ3) is 5.63. The lowest BCUT2D eigenvalue weighted by Gasteiger charge is -2.07. The van der Waals surface area contributed by atoms with Crippen LogP contribution in [0.5, 0.6) is 0 Å². The minimum atomic E-state index is -0.880. The van der Waals surface area contributed by atoms with Gasteiger partial charge in [0.15, 0.2) is 0 Å². The van der Waals surface area contributed by atoms with Crippen molar-refractivity contribution in [2.75, 3.05) is 0 Å². The van der Waals surface area contributed by atoms with Crippen molar-refractivity contribution in [3.63, 3.8) is 0 Å². The Kier molecular flexibility index (Phi) is 1.96. The lowest BCUT2D eigenvalue weighted by molar-refractivity contribution is 0.0914. The third-order valence-electron chi connectivity index (χ3n) is 0.445. The van der Waals surface area contributed by atoms with E-state index < -0.39 is 5.72 Å². The summed E-state index contributed by atoms with van der Waals surface area (Å²) in [4.78, 5) is 3.69. The summed E-state index contributed by atoms with van der Waals surface area (Å²) in [6.45, 7) is 5.04. The normalized spacial score (nSPS) is 13.1. The van der Waals surface area contributed by atoms with E-state index in [1.54, 1.807) is 27.0 Å². The van der Waals surface area contributed by atoms with Crippen molar-refractivity contribution in [1.29, 1.82) is 0 Å². The molecule has 0 bridgehead atoms. The summed E-state index contributed by atoms with van der Waals surface area (Å²) in [5.74, 6) is 0. The molecule has 0 amide bonds. The van der Waals surface area contributed by atoms with Crippen LogP contribution in [0, 0.1) is 0 Å². The van der Waals surface area contributed by atoms with Crippen molar-refractivity contribution in [2.45, 2.75) is 26.5 Å². The smallest absolute Gasteiger partial charge is 0.149 e. The van der Waals surface area contributed by atoms with Crippen LogP contribution in [0.1, 0.15) is 20.8 Å². The van der Waals surface area contributed by atoms with Crippen molar-refractivity contribution in [2.24, 2.45) is 4.99 Å². The van der Waals surface area contributed by atoms with Gasteiger partial charge in [-0.05, 0) is 27.0 Å². The minimum Gasteiger partial charge on any atom is -0.370 e. The second kappa shape index (κ2) is 2.07. The van der Waals surface area contributed by atoms with Gasteiger partial charge in [0, 0.05) is 0 Å². The van der Waals surface area contributed by atoms with Crippen molar-refractivity contribution < 1.29 is 5.11 Å². The molecule has 2 heteroatoms. The third-order valence-corrected chi connectivity index (χ3v) is 0.445. The first-order valence-corrected chi connectivity index (χ1v) is 2.28. The first-order chi connectivity index (χ1) is 3.06. The topological polar surface area (TPSA) is 32.6 Å². The van der Waals surface area contributed by atoms with Gasteiger partial charge in [-0.1, -0.05) is 0 Å². The summed E-state index contributed by atoms with van der Waals surface area (Å²) < 4.78 is 0. The van der Waals surface area contributed by atoms with Gasteiger partial charge in [0.2, 0.25) is 0 Å². The summed E-state index contributed by atoms with van der Waals surface area (Å²) in [6, 6.07) is 0. The van der Waals surface area contributed by atoms with Crippen molar-refractivity contribution >= 4 is 6.21 Å². The van der Waals surface area contributed by atoms with Gasteiger partial charge in [-0.15, -0.1) is 0 Å². The molecule has 0 aromatic heterocycles. The van der Waals surface area contributed by atoms with Gasteiger partial charge < -0.3 is 5.11 Å². The highest BCUT2D eigenvalue weighted by atomic mass is 16.3. The molecule has 0 fully saturated rings. The quantitative estimate of drug-likeness (QED) is 0.487. The van der Waals surface area contributed by atoms with Crippen LogP contribution in [0.4, 0.5) is 0 Å². The molecule has 1 N–H and O–H groups in total. The van der Waals surface area contributed by atoms with Gasteiger partial charge in [-0.25, -0.2) is 0 Å². The summed E-state index contributed by atoms with van der Waals surface area (Å²) >= 11 is 0. The molecule has 2 nitrogen and oxygen atoms in total. The predicted molar refractivity (Wildman–Crippen MR) is 30.5 cm³/mol. The maximum atomic E-state index is 8.82. The second-order valence-electron chi connectivity index (χ2n) is 1.88. The summed E-state index contributed by atoms with van der Waals surface area (Å²) in [6.07, 6.45) is 1.58. The first kappa shape index (κ1) is 6.63. The van der Waals surface area contributed by atoms with E-state index in [1.165, 1.54) is 0 Å². The first-order valence-electron chi connectivity index (χ1n) is 2.28. The standard InChI is InChI=1S/C5H11NO/c1-4-6-5(2,3)7/h4,7H,1-3H3/b6-4+. The lowest BCUT2D eigenvalue weighted by Crippen LogP contribution is -2.13. The zero-order valence-electron chi connectivity index (χ0n) is 4.97. The molecule has 0 radical (unpaired) electrons. The molecule has 0 aliphatic carbocycles. The second-order valence-corrected chi connectivity index (χ2v) is 1.88. The molecule has 0 unspecified atom stereocenters. The molecular weight excluding hydrogens is 90.1 g/mol. The molecule has 0 saturated carbocycles. The molecule has 7 heavy (non-hydrogen) atoms. The Morgan fingerprint density at radius 1 is 1.57 bits per heavy atom.